The van der Waals surface area contributed by atoms with Gasteiger partial charge in [-0.2, -0.15) is 0 Å². The van der Waals surface area contributed by atoms with Gasteiger partial charge in [-0.05, 0) is 37.1 Å². The van der Waals surface area contributed by atoms with E-state index >= 15 is 0 Å². The van der Waals surface area contributed by atoms with Crippen molar-refractivity contribution in [2.45, 2.75) is 19.8 Å². The minimum atomic E-state index is -0.873. The number of carboxylic acid groups (broad SMARTS) is 1. The second-order valence-electron chi connectivity index (χ2n) is 4.05. The molecule has 0 heterocycles. The fraction of sp³-hybridized carbons (Fsp3) is 0.385. The van der Waals surface area contributed by atoms with E-state index in [0.717, 1.165) is 5.56 Å². The van der Waals surface area contributed by atoms with E-state index in [9.17, 15) is 9.59 Å². The number of halogens is 1. The van der Waals surface area contributed by atoms with Gasteiger partial charge in [0.1, 0.15) is 5.75 Å². The molecule has 0 aliphatic carbocycles. The van der Waals surface area contributed by atoms with Crippen LogP contribution < -0.4 is 10.1 Å². The van der Waals surface area contributed by atoms with Crippen LogP contribution >= 0.6 is 11.6 Å². The van der Waals surface area contributed by atoms with Gasteiger partial charge >= 0.3 is 5.97 Å². The first-order chi connectivity index (χ1) is 8.99. The van der Waals surface area contributed by atoms with E-state index in [-0.39, 0.29) is 18.9 Å². The van der Waals surface area contributed by atoms with Crippen molar-refractivity contribution in [3.05, 3.63) is 28.8 Å². The highest BCUT2D eigenvalue weighted by molar-refractivity contribution is 6.31. The van der Waals surface area contributed by atoms with Gasteiger partial charge in [0.2, 0.25) is 0 Å². The summed E-state index contributed by atoms with van der Waals surface area (Å²) in [7, 11) is 0. The Hall–Kier alpha value is -1.75. The van der Waals surface area contributed by atoms with Crippen molar-refractivity contribution in [1.82, 2.24) is 5.32 Å². The lowest BCUT2D eigenvalue weighted by atomic mass is 10.2. The van der Waals surface area contributed by atoms with Crippen molar-refractivity contribution in [3.8, 4) is 5.75 Å². The molecule has 0 aliphatic heterocycles. The lowest BCUT2D eigenvalue weighted by Gasteiger charge is -2.08. The van der Waals surface area contributed by atoms with Crippen LogP contribution in [0.15, 0.2) is 18.2 Å². The molecule has 0 aromatic heterocycles. The monoisotopic (exact) mass is 285 g/mol. The van der Waals surface area contributed by atoms with Crippen molar-refractivity contribution >= 4 is 23.5 Å². The van der Waals surface area contributed by atoms with Crippen LogP contribution in [0.25, 0.3) is 0 Å². The minimum absolute atomic E-state index is 0.0392. The van der Waals surface area contributed by atoms with E-state index in [4.69, 9.17) is 21.4 Å². The lowest BCUT2D eigenvalue weighted by Crippen LogP contribution is -2.29. The molecule has 0 saturated heterocycles. The summed E-state index contributed by atoms with van der Waals surface area (Å²) in [6.45, 7) is 2.07. The molecule has 104 valence electrons. The van der Waals surface area contributed by atoms with Crippen LogP contribution in [0, 0.1) is 6.92 Å². The van der Waals surface area contributed by atoms with Gasteiger partial charge in [-0.15, -0.1) is 0 Å². The number of hydrogen-bond donors (Lipinski definition) is 2. The molecule has 1 aromatic rings. The molecule has 1 aromatic carbocycles. The topological polar surface area (TPSA) is 75.6 Å². The summed E-state index contributed by atoms with van der Waals surface area (Å²) in [6.07, 6.45) is 0.443. The molecule has 2 N–H and O–H groups in total. The zero-order chi connectivity index (χ0) is 14.3. The molecule has 1 amide bonds. The van der Waals surface area contributed by atoms with Crippen molar-refractivity contribution in [1.29, 1.82) is 0 Å². The molecule has 0 radical (unpaired) electrons. The van der Waals surface area contributed by atoms with Crippen LogP contribution in [0.2, 0.25) is 5.02 Å². The Bertz CT molecular complexity index is 462. The number of aryl methyl sites for hydroxylation is 1. The Labute approximate surface area is 116 Å². The molecule has 0 spiro atoms. The third kappa shape index (κ3) is 6.10. The molecule has 1 rings (SSSR count). The number of amides is 1. The average molecular weight is 286 g/mol. The number of aliphatic carboxylic acids is 1. The summed E-state index contributed by atoms with van der Waals surface area (Å²) in [5, 5.41) is 11.7. The van der Waals surface area contributed by atoms with Crippen LogP contribution in [0.4, 0.5) is 0 Å². The Balaban J connectivity index is 2.26. The van der Waals surface area contributed by atoms with Crippen LogP contribution in [0.5, 0.6) is 5.75 Å². The maximum Gasteiger partial charge on any atom is 0.303 e. The van der Waals surface area contributed by atoms with Crippen molar-refractivity contribution < 1.29 is 19.4 Å². The fourth-order valence-corrected chi connectivity index (χ4v) is 1.49. The maximum atomic E-state index is 11.4. The van der Waals surface area contributed by atoms with E-state index in [1.54, 1.807) is 18.2 Å². The SMILES string of the molecule is Cc1cc(OCC(=O)NCCCC(=O)O)ccc1Cl. The van der Waals surface area contributed by atoms with Gasteiger partial charge in [-0.3, -0.25) is 9.59 Å². The molecule has 5 nitrogen and oxygen atoms in total. The van der Waals surface area contributed by atoms with Crippen molar-refractivity contribution in [3.63, 3.8) is 0 Å². The van der Waals surface area contributed by atoms with Crippen LogP contribution in [0.1, 0.15) is 18.4 Å². The zero-order valence-electron chi connectivity index (χ0n) is 10.6. The smallest absolute Gasteiger partial charge is 0.303 e. The number of hydrogen-bond acceptors (Lipinski definition) is 3. The lowest BCUT2D eigenvalue weighted by molar-refractivity contribution is -0.137. The number of carbonyl (C=O) groups excluding carboxylic acids is 1. The predicted molar refractivity (Wildman–Crippen MR) is 71.6 cm³/mol. The molecule has 0 bridgehead atoms. The molecule has 0 unspecified atom stereocenters. The van der Waals surface area contributed by atoms with Gasteiger partial charge in [-0.25, -0.2) is 0 Å². The van der Waals surface area contributed by atoms with Crippen LogP contribution in [0.3, 0.4) is 0 Å². The number of ether oxygens (including phenoxy) is 1. The summed E-state index contributed by atoms with van der Waals surface area (Å²) in [5.41, 5.74) is 0.876. The number of nitrogens with one attached hydrogen (secondary N) is 1. The highest BCUT2D eigenvalue weighted by Crippen LogP contribution is 2.20. The Morgan fingerprint density at radius 1 is 1.42 bits per heavy atom. The molecular weight excluding hydrogens is 270 g/mol. The fourth-order valence-electron chi connectivity index (χ4n) is 1.37. The summed E-state index contributed by atoms with van der Waals surface area (Å²) >= 11 is 5.87. The highest BCUT2D eigenvalue weighted by Gasteiger charge is 2.04. The molecule has 0 aliphatic rings. The van der Waals surface area contributed by atoms with Gasteiger partial charge in [0, 0.05) is 18.0 Å². The summed E-state index contributed by atoms with van der Waals surface area (Å²) in [6, 6.07) is 5.14. The summed E-state index contributed by atoms with van der Waals surface area (Å²) < 4.78 is 5.29. The Kier molecular flexibility index (Phi) is 6.15. The van der Waals surface area contributed by atoms with Crippen LogP contribution in [-0.2, 0) is 9.59 Å². The first kappa shape index (κ1) is 15.3. The molecular formula is C13H16ClNO4. The number of carbonyl (C=O) groups is 2. The second-order valence-corrected chi connectivity index (χ2v) is 4.45. The summed E-state index contributed by atoms with van der Waals surface area (Å²) in [4.78, 5) is 21.7. The van der Waals surface area contributed by atoms with Gasteiger partial charge in [0.05, 0.1) is 0 Å². The highest BCUT2D eigenvalue weighted by atomic mass is 35.5. The third-order valence-electron chi connectivity index (χ3n) is 2.39. The van der Waals surface area contributed by atoms with E-state index in [1.807, 2.05) is 6.92 Å². The second kappa shape index (κ2) is 7.63. The van der Waals surface area contributed by atoms with Gasteiger partial charge < -0.3 is 15.2 Å². The minimum Gasteiger partial charge on any atom is -0.484 e. The van der Waals surface area contributed by atoms with Crippen molar-refractivity contribution in [2.24, 2.45) is 0 Å². The first-order valence-corrected chi connectivity index (χ1v) is 6.24. The first-order valence-electron chi connectivity index (χ1n) is 5.86. The summed E-state index contributed by atoms with van der Waals surface area (Å²) in [5.74, 6) is -0.581. The molecule has 0 atom stereocenters. The molecule has 0 fully saturated rings. The number of rotatable bonds is 7. The average Bonchev–Trinajstić information content (AvgIpc) is 2.36. The van der Waals surface area contributed by atoms with E-state index in [1.165, 1.54) is 0 Å². The van der Waals surface area contributed by atoms with Gasteiger partial charge in [0.15, 0.2) is 6.61 Å². The standard InChI is InChI=1S/C13H16ClNO4/c1-9-7-10(4-5-11(9)14)19-8-12(16)15-6-2-3-13(17)18/h4-5,7H,2-3,6,8H2,1H3,(H,15,16)(H,17,18). The normalized spacial score (nSPS) is 10.0. The zero-order valence-corrected chi connectivity index (χ0v) is 11.4. The quantitative estimate of drug-likeness (QED) is 0.752. The van der Waals surface area contributed by atoms with Gasteiger partial charge in [0.25, 0.3) is 5.91 Å². The van der Waals surface area contributed by atoms with E-state index in [2.05, 4.69) is 5.32 Å². The Morgan fingerprint density at radius 3 is 2.79 bits per heavy atom. The number of carboxylic acids is 1. The molecule has 6 heteroatoms. The Morgan fingerprint density at radius 2 is 2.16 bits per heavy atom. The molecule has 0 saturated carbocycles. The molecule has 19 heavy (non-hydrogen) atoms. The van der Waals surface area contributed by atoms with Gasteiger partial charge in [-0.1, -0.05) is 11.6 Å². The maximum absolute atomic E-state index is 11.4. The largest absolute Gasteiger partial charge is 0.484 e. The van der Waals surface area contributed by atoms with Crippen LogP contribution in [-0.4, -0.2) is 30.1 Å². The van der Waals surface area contributed by atoms with E-state index in [0.29, 0.717) is 23.7 Å². The van der Waals surface area contributed by atoms with E-state index < -0.39 is 5.97 Å². The number of benzene rings is 1. The predicted octanol–water partition coefficient (Wildman–Crippen LogP) is 2.01. The third-order valence-corrected chi connectivity index (χ3v) is 2.81. The van der Waals surface area contributed by atoms with Crippen molar-refractivity contribution in [2.75, 3.05) is 13.2 Å².